The van der Waals surface area contributed by atoms with Crippen LogP contribution in [0.2, 0.25) is 0 Å². The first kappa shape index (κ1) is 13.7. The van der Waals surface area contributed by atoms with Gasteiger partial charge in [0, 0.05) is 0 Å². The number of halogens is 2. The number of hydrogen-bond acceptors (Lipinski definition) is 3. The van der Waals surface area contributed by atoms with E-state index in [0.717, 1.165) is 10.2 Å². The highest BCUT2D eigenvalue weighted by Crippen LogP contribution is 2.26. The standard InChI is InChI=1S/C10H14Br2N2O2/c1-5(2)8(10(13)15)14-4-6-3-7(11)9(12)16-6/h3,5,8,14H,4H2,1-2H3,(H2,13,15). The number of amides is 1. The predicted octanol–water partition coefficient (Wildman–Crippen LogP) is 2.40. The van der Waals surface area contributed by atoms with Crippen LogP contribution < -0.4 is 11.1 Å². The molecule has 1 unspecified atom stereocenters. The van der Waals surface area contributed by atoms with Crippen LogP contribution in [0.1, 0.15) is 19.6 Å². The van der Waals surface area contributed by atoms with Crippen LogP contribution >= 0.6 is 31.9 Å². The summed E-state index contributed by atoms with van der Waals surface area (Å²) in [6.07, 6.45) is 0. The van der Waals surface area contributed by atoms with Crippen LogP contribution in [0.15, 0.2) is 19.6 Å². The first-order valence-electron chi connectivity index (χ1n) is 4.88. The third-order valence-corrected chi connectivity index (χ3v) is 3.88. The molecule has 16 heavy (non-hydrogen) atoms. The Morgan fingerprint density at radius 3 is 2.56 bits per heavy atom. The molecule has 1 amide bonds. The first-order valence-corrected chi connectivity index (χ1v) is 6.46. The van der Waals surface area contributed by atoms with Crippen LogP contribution in [0.25, 0.3) is 0 Å². The fourth-order valence-electron chi connectivity index (χ4n) is 1.35. The first-order chi connectivity index (χ1) is 7.41. The number of nitrogens with one attached hydrogen (secondary N) is 1. The maximum atomic E-state index is 11.1. The summed E-state index contributed by atoms with van der Waals surface area (Å²) in [6, 6.07) is 1.50. The average Bonchev–Trinajstić information content (AvgIpc) is 2.45. The summed E-state index contributed by atoms with van der Waals surface area (Å²) in [6.45, 7) is 4.35. The molecule has 3 N–H and O–H groups in total. The lowest BCUT2D eigenvalue weighted by Gasteiger charge is -2.17. The largest absolute Gasteiger partial charge is 0.452 e. The molecule has 0 fully saturated rings. The van der Waals surface area contributed by atoms with Crippen LogP contribution in [0, 0.1) is 5.92 Å². The van der Waals surface area contributed by atoms with E-state index in [4.69, 9.17) is 10.2 Å². The van der Waals surface area contributed by atoms with Crippen molar-refractivity contribution in [2.45, 2.75) is 26.4 Å². The number of furan rings is 1. The zero-order valence-electron chi connectivity index (χ0n) is 9.09. The van der Waals surface area contributed by atoms with Crippen molar-refractivity contribution in [3.8, 4) is 0 Å². The van der Waals surface area contributed by atoms with Gasteiger partial charge in [0.1, 0.15) is 5.76 Å². The smallest absolute Gasteiger partial charge is 0.234 e. The molecule has 1 rings (SSSR count). The van der Waals surface area contributed by atoms with Crippen LogP contribution in [-0.2, 0) is 11.3 Å². The van der Waals surface area contributed by atoms with E-state index in [0.29, 0.717) is 11.2 Å². The Kier molecular flexibility index (Phi) is 5.01. The van der Waals surface area contributed by atoms with E-state index in [9.17, 15) is 4.79 Å². The molecule has 1 atom stereocenters. The zero-order valence-corrected chi connectivity index (χ0v) is 12.3. The minimum Gasteiger partial charge on any atom is -0.452 e. The molecule has 1 aromatic rings. The molecule has 0 radical (unpaired) electrons. The van der Waals surface area contributed by atoms with E-state index in [2.05, 4.69) is 37.2 Å². The van der Waals surface area contributed by atoms with Gasteiger partial charge < -0.3 is 10.2 Å². The van der Waals surface area contributed by atoms with Crippen molar-refractivity contribution in [1.29, 1.82) is 0 Å². The second kappa shape index (κ2) is 5.84. The van der Waals surface area contributed by atoms with Gasteiger partial charge in [-0.1, -0.05) is 13.8 Å². The molecule has 90 valence electrons. The van der Waals surface area contributed by atoms with Crippen molar-refractivity contribution in [2.75, 3.05) is 0 Å². The summed E-state index contributed by atoms with van der Waals surface area (Å²) in [4.78, 5) is 11.1. The monoisotopic (exact) mass is 352 g/mol. The number of rotatable bonds is 5. The lowest BCUT2D eigenvalue weighted by Crippen LogP contribution is -2.44. The number of hydrogen-bond donors (Lipinski definition) is 2. The molecule has 0 aliphatic rings. The highest BCUT2D eigenvalue weighted by Gasteiger charge is 2.19. The van der Waals surface area contributed by atoms with Crippen molar-refractivity contribution < 1.29 is 9.21 Å². The van der Waals surface area contributed by atoms with Gasteiger partial charge >= 0.3 is 0 Å². The van der Waals surface area contributed by atoms with E-state index >= 15 is 0 Å². The number of carbonyl (C=O) groups excluding carboxylic acids is 1. The van der Waals surface area contributed by atoms with Crippen LogP contribution in [0.3, 0.4) is 0 Å². The minimum atomic E-state index is -0.348. The van der Waals surface area contributed by atoms with E-state index in [-0.39, 0.29) is 17.9 Å². The van der Waals surface area contributed by atoms with Gasteiger partial charge in [0.15, 0.2) is 4.67 Å². The number of primary amides is 1. The van der Waals surface area contributed by atoms with Gasteiger partial charge in [-0.2, -0.15) is 0 Å². The fourth-order valence-corrected chi connectivity index (χ4v) is 2.01. The molecule has 6 heteroatoms. The van der Waals surface area contributed by atoms with Crippen LogP contribution in [0.5, 0.6) is 0 Å². The maximum absolute atomic E-state index is 11.1. The van der Waals surface area contributed by atoms with Crippen molar-refractivity contribution in [1.82, 2.24) is 5.32 Å². The predicted molar refractivity (Wildman–Crippen MR) is 68.8 cm³/mol. The molecule has 4 nitrogen and oxygen atoms in total. The summed E-state index contributed by atoms with van der Waals surface area (Å²) >= 11 is 6.57. The van der Waals surface area contributed by atoms with Gasteiger partial charge in [-0.3, -0.25) is 10.1 Å². The molecule has 0 bridgehead atoms. The second-order valence-corrected chi connectivity index (χ2v) is 5.41. The fraction of sp³-hybridized carbons (Fsp3) is 0.500. The van der Waals surface area contributed by atoms with Crippen molar-refractivity contribution in [3.63, 3.8) is 0 Å². The Balaban J connectivity index is 2.59. The molecule has 0 saturated carbocycles. The molecule has 0 aromatic carbocycles. The van der Waals surface area contributed by atoms with E-state index in [1.807, 2.05) is 19.9 Å². The van der Waals surface area contributed by atoms with Gasteiger partial charge in [-0.05, 0) is 43.8 Å². The molecule has 0 aliphatic carbocycles. The number of carbonyl (C=O) groups is 1. The second-order valence-electron chi connectivity index (χ2n) is 3.84. The Labute approximate surface area is 111 Å². The van der Waals surface area contributed by atoms with E-state index in [1.165, 1.54) is 0 Å². The highest BCUT2D eigenvalue weighted by atomic mass is 79.9. The zero-order chi connectivity index (χ0) is 12.3. The van der Waals surface area contributed by atoms with Gasteiger partial charge in [0.05, 0.1) is 17.1 Å². The summed E-state index contributed by atoms with van der Waals surface area (Å²) in [5.74, 6) is 0.546. The third kappa shape index (κ3) is 3.61. The Morgan fingerprint density at radius 2 is 2.19 bits per heavy atom. The van der Waals surface area contributed by atoms with E-state index in [1.54, 1.807) is 0 Å². The topological polar surface area (TPSA) is 68.3 Å². The normalized spacial score (nSPS) is 13.1. The molecule has 0 aliphatic heterocycles. The molecular weight excluding hydrogens is 340 g/mol. The van der Waals surface area contributed by atoms with Crippen molar-refractivity contribution in [3.05, 3.63) is 21.0 Å². The Bertz CT molecular complexity index is 357. The van der Waals surface area contributed by atoms with E-state index < -0.39 is 0 Å². The van der Waals surface area contributed by atoms with Gasteiger partial charge in [0.25, 0.3) is 0 Å². The lowest BCUT2D eigenvalue weighted by atomic mass is 10.0. The molecule has 0 saturated heterocycles. The highest BCUT2D eigenvalue weighted by molar-refractivity contribution is 9.13. The molecule has 1 aromatic heterocycles. The lowest BCUT2D eigenvalue weighted by molar-refractivity contribution is -0.121. The minimum absolute atomic E-state index is 0.152. The molecular formula is C10H14Br2N2O2. The molecule has 0 spiro atoms. The van der Waals surface area contributed by atoms with Gasteiger partial charge in [-0.15, -0.1) is 0 Å². The third-order valence-electron chi connectivity index (χ3n) is 2.17. The van der Waals surface area contributed by atoms with Crippen LogP contribution in [0.4, 0.5) is 0 Å². The van der Waals surface area contributed by atoms with Gasteiger partial charge in [-0.25, -0.2) is 0 Å². The quantitative estimate of drug-likeness (QED) is 0.854. The average molecular weight is 354 g/mol. The Hall–Kier alpha value is -0.330. The van der Waals surface area contributed by atoms with Crippen LogP contribution in [-0.4, -0.2) is 11.9 Å². The molecule has 1 heterocycles. The summed E-state index contributed by atoms with van der Waals surface area (Å²) in [7, 11) is 0. The summed E-state index contributed by atoms with van der Waals surface area (Å²) in [5, 5.41) is 3.07. The SMILES string of the molecule is CC(C)C(NCc1cc(Br)c(Br)o1)C(N)=O. The van der Waals surface area contributed by atoms with Gasteiger partial charge in [0.2, 0.25) is 5.91 Å². The maximum Gasteiger partial charge on any atom is 0.234 e. The summed E-state index contributed by atoms with van der Waals surface area (Å²) < 4.78 is 6.87. The van der Waals surface area contributed by atoms with Crippen molar-refractivity contribution >= 4 is 37.8 Å². The van der Waals surface area contributed by atoms with Crippen molar-refractivity contribution in [2.24, 2.45) is 11.7 Å². The number of nitrogens with two attached hydrogens (primary N) is 1. The Morgan fingerprint density at radius 1 is 1.56 bits per heavy atom. The summed E-state index contributed by atoms with van der Waals surface area (Å²) in [5.41, 5.74) is 5.29.